The van der Waals surface area contributed by atoms with E-state index < -0.39 is 23.6 Å². The molecule has 1 amide bonds. The van der Waals surface area contributed by atoms with E-state index in [0.29, 0.717) is 47.6 Å². The fourth-order valence-electron chi connectivity index (χ4n) is 4.40. The first-order valence-electron chi connectivity index (χ1n) is 12.5. The molecule has 1 heterocycles. The summed E-state index contributed by atoms with van der Waals surface area (Å²) in [4.78, 5) is 29.3. The number of aromatic amines is 1. The highest BCUT2D eigenvalue weighted by Crippen LogP contribution is 2.38. The zero-order valence-electron chi connectivity index (χ0n) is 22.0. The number of nitrogens with one attached hydrogen (secondary N) is 2. The Labute approximate surface area is 269 Å². The molecule has 0 spiro atoms. The highest BCUT2D eigenvalue weighted by atomic mass is 79.9. The Hall–Kier alpha value is -4.44. The van der Waals surface area contributed by atoms with Crippen LogP contribution in [-0.2, 0) is 6.18 Å². The van der Waals surface area contributed by atoms with Gasteiger partial charge in [-0.25, -0.2) is 10.2 Å². The van der Waals surface area contributed by atoms with Gasteiger partial charge in [0.05, 0.1) is 32.9 Å². The number of hydrogen-bond acceptors (Lipinski definition) is 5. The number of nitrogens with zero attached hydrogens (tertiary/aromatic N) is 2. The number of nitriles is 1. The molecule has 0 bridgehead atoms. The molecule has 44 heavy (non-hydrogen) atoms. The minimum atomic E-state index is -4.64. The fraction of sp³-hybridized carbons (Fsp3) is 0.0323. The van der Waals surface area contributed by atoms with Gasteiger partial charge in [0, 0.05) is 31.6 Å². The van der Waals surface area contributed by atoms with Crippen LogP contribution in [0.25, 0.3) is 22.0 Å². The number of alkyl halides is 3. The maximum atomic E-state index is 13.4. The Balaban J connectivity index is 1.46. The highest BCUT2D eigenvalue weighted by Gasteiger charge is 2.31. The number of carbonyl (C=O) groups is 2. The highest BCUT2D eigenvalue weighted by molar-refractivity contribution is 9.11. The van der Waals surface area contributed by atoms with Gasteiger partial charge in [-0.05, 0) is 58.4 Å². The molecule has 0 saturated carbocycles. The van der Waals surface area contributed by atoms with Crippen LogP contribution in [-0.4, -0.2) is 23.1 Å². The number of halogens is 6. The van der Waals surface area contributed by atoms with Gasteiger partial charge in [-0.3, -0.25) is 4.79 Å². The van der Waals surface area contributed by atoms with Crippen LogP contribution in [0.5, 0.6) is 5.75 Å². The molecular weight excluding hydrogens is 729 g/mol. The third kappa shape index (κ3) is 6.40. The minimum absolute atomic E-state index is 0.0466. The normalized spacial score (nSPS) is 11.5. The maximum absolute atomic E-state index is 13.4. The Morgan fingerprint density at radius 2 is 1.77 bits per heavy atom. The number of hydrogen-bond donors (Lipinski definition) is 2. The molecule has 0 radical (unpaired) electrons. The van der Waals surface area contributed by atoms with Crippen molar-refractivity contribution in [1.82, 2.24) is 10.4 Å². The van der Waals surface area contributed by atoms with E-state index >= 15 is 0 Å². The van der Waals surface area contributed by atoms with Crippen LogP contribution >= 0.6 is 43.5 Å². The molecule has 1 aromatic heterocycles. The monoisotopic (exact) mass is 742 g/mol. The van der Waals surface area contributed by atoms with Gasteiger partial charge >= 0.3 is 12.1 Å². The van der Waals surface area contributed by atoms with Crippen molar-refractivity contribution < 1.29 is 27.5 Å². The van der Waals surface area contributed by atoms with Crippen LogP contribution in [0.2, 0.25) is 5.02 Å². The number of esters is 1. The lowest BCUT2D eigenvalue weighted by Gasteiger charge is -2.12. The van der Waals surface area contributed by atoms with Gasteiger partial charge in [0.25, 0.3) is 5.91 Å². The largest absolute Gasteiger partial charge is 0.421 e. The second-order valence-electron chi connectivity index (χ2n) is 9.17. The van der Waals surface area contributed by atoms with Gasteiger partial charge in [0.1, 0.15) is 11.8 Å². The first kappa shape index (κ1) is 31.0. The first-order valence-corrected chi connectivity index (χ1v) is 14.5. The molecule has 5 aromatic rings. The quantitative estimate of drug-likeness (QED) is 0.0784. The lowest BCUT2D eigenvalue weighted by molar-refractivity contribution is -0.137. The third-order valence-corrected chi connectivity index (χ3v) is 7.73. The van der Waals surface area contributed by atoms with E-state index in [-0.39, 0.29) is 22.6 Å². The average Bonchev–Trinajstić information content (AvgIpc) is 3.38. The van der Waals surface area contributed by atoms with Crippen LogP contribution in [0.1, 0.15) is 37.5 Å². The zero-order valence-corrected chi connectivity index (χ0v) is 25.9. The predicted molar refractivity (Wildman–Crippen MR) is 167 cm³/mol. The lowest BCUT2D eigenvalue weighted by atomic mass is 10.0. The summed E-state index contributed by atoms with van der Waals surface area (Å²) in [5.74, 6) is -1.74. The lowest BCUT2D eigenvalue weighted by Crippen LogP contribution is -2.19. The second-order valence-corrected chi connectivity index (χ2v) is 11.3. The van der Waals surface area contributed by atoms with Crippen LogP contribution < -0.4 is 10.2 Å². The average molecular weight is 745 g/mol. The standard InChI is InChI=1S/C31H16Br2ClF3N4O3/c32-20-12-18(28(23(33)13-20)44-30(43)16-5-3-7-19(11-16)31(35,36)37)15-39-41-29(42)27-25(21-8-1-2-10-24(21)34)22-9-4-6-17(14-38)26(22)40-27/h1-13,15,40H,(H,41,42). The Kier molecular flexibility index (Phi) is 8.92. The van der Waals surface area contributed by atoms with Gasteiger partial charge < -0.3 is 9.72 Å². The molecule has 0 aliphatic rings. The van der Waals surface area contributed by atoms with Crippen molar-refractivity contribution in [2.45, 2.75) is 6.18 Å². The third-order valence-electron chi connectivity index (χ3n) is 6.35. The Morgan fingerprint density at radius 3 is 2.50 bits per heavy atom. The number of fused-ring (bicyclic) bond motifs is 1. The van der Waals surface area contributed by atoms with E-state index in [1.54, 1.807) is 48.5 Å². The summed E-state index contributed by atoms with van der Waals surface area (Å²) in [5.41, 5.74) is 3.22. The van der Waals surface area contributed by atoms with E-state index in [4.69, 9.17) is 16.3 Å². The van der Waals surface area contributed by atoms with Gasteiger partial charge in [-0.2, -0.15) is 23.5 Å². The van der Waals surface area contributed by atoms with Crippen molar-refractivity contribution in [1.29, 1.82) is 5.26 Å². The number of carbonyl (C=O) groups excluding carboxylic acids is 2. The molecule has 2 N–H and O–H groups in total. The molecular formula is C31H16Br2ClF3N4O3. The summed E-state index contributed by atoms with van der Waals surface area (Å²) in [6, 6.07) is 21.1. The molecule has 220 valence electrons. The summed E-state index contributed by atoms with van der Waals surface area (Å²) >= 11 is 13.1. The van der Waals surface area contributed by atoms with Crippen LogP contribution in [0, 0.1) is 11.3 Å². The van der Waals surface area contributed by atoms with Crippen molar-refractivity contribution >= 4 is 72.5 Å². The topological polar surface area (TPSA) is 107 Å². The number of benzene rings is 4. The summed E-state index contributed by atoms with van der Waals surface area (Å²) < 4.78 is 45.8. The molecule has 0 saturated heterocycles. The maximum Gasteiger partial charge on any atom is 0.416 e. The summed E-state index contributed by atoms with van der Waals surface area (Å²) in [7, 11) is 0. The Morgan fingerprint density at radius 1 is 1.02 bits per heavy atom. The van der Waals surface area contributed by atoms with E-state index in [1.165, 1.54) is 18.3 Å². The minimum Gasteiger partial charge on any atom is -0.421 e. The van der Waals surface area contributed by atoms with E-state index in [0.717, 1.165) is 12.1 Å². The van der Waals surface area contributed by atoms with E-state index in [2.05, 4.69) is 53.4 Å². The smallest absolute Gasteiger partial charge is 0.416 e. The zero-order chi connectivity index (χ0) is 31.6. The number of para-hydroxylation sites is 1. The van der Waals surface area contributed by atoms with Gasteiger partial charge in [0.2, 0.25) is 0 Å². The molecule has 4 aromatic carbocycles. The van der Waals surface area contributed by atoms with Crippen molar-refractivity contribution in [3.8, 4) is 22.9 Å². The van der Waals surface area contributed by atoms with Crippen LogP contribution in [0.3, 0.4) is 0 Å². The van der Waals surface area contributed by atoms with Crippen molar-refractivity contribution in [3.63, 3.8) is 0 Å². The molecule has 0 aliphatic carbocycles. The number of H-pyrrole nitrogens is 1. The number of ether oxygens (including phenoxy) is 1. The molecule has 0 atom stereocenters. The number of aromatic nitrogens is 1. The summed E-state index contributed by atoms with van der Waals surface area (Å²) in [6.07, 6.45) is -3.43. The van der Waals surface area contributed by atoms with Crippen LogP contribution in [0.4, 0.5) is 13.2 Å². The van der Waals surface area contributed by atoms with Crippen molar-refractivity contribution in [3.05, 3.63) is 121 Å². The van der Waals surface area contributed by atoms with E-state index in [9.17, 15) is 28.0 Å². The van der Waals surface area contributed by atoms with Gasteiger partial charge in [-0.15, -0.1) is 0 Å². The first-order chi connectivity index (χ1) is 21.0. The van der Waals surface area contributed by atoms with Crippen molar-refractivity contribution in [2.24, 2.45) is 5.10 Å². The van der Waals surface area contributed by atoms with Gasteiger partial charge in [-0.1, -0.05) is 63.9 Å². The number of amides is 1. The summed E-state index contributed by atoms with van der Waals surface area (Å²) in [6.45, 7) is 0. The molecule has 13 heteroatoms. The SMILES string of the molecule is N#Cc1cccc2c(-c3ccccc3Cl)c(C(=O)NN=Cc3cc(Br)cc(Br)c3OC(=O)c3cccc(C(F)(F)F)c3)[nH]c12. The number of rotatable bonds is 6. The van der Waals surface area contributed by atoms with Crippen LogP contribution in [0.15, 0.2) is 92.9 Å². The summed E-state index contributed by atoms with van der Waals surface area (Å²) in [5, 5.41) is 14.6. The van der Waals surface area contributed by atoms with Crippen molar-refractivity contribution in [2.75, 3.05) is 0 Å². The molecule has 0 fully saturated rings. The molecule has 7 nitrogen and oxygen atoms in total. The fourth-order valence-corrected chi connectivity index (χ4v) is 5.97. The molecule has 5 rings (SSSR count). The predicted octanol–water partition coefficient (Wildman–Crippen LogP) is 8.89. The molecule has 0 unspecified atom stereocenters. The van der Waals surface area contributed by atoms with Gasteiger partial charge in [0.15, 0.2) is 5.75 Å². The Bertz CT molecular complexity index is 2020. The number of hydrazone groups is 1. The second kappa shape index (κ2) is 12.7. The molecule has 0 aliphatic heterocycles. The van der Waals surface area contributed by atoms with E-state index in [1.807, 2.05) is 0 Å².